The van der Waals surface area contributed by atoms with E-state index in [0.29, 0.717) is 5.56 Å². The zero-order valence-electron chi connectivity index (χ0n) is 14.0. The zero-order valence-corrected chi connectivity index (χ0v) is 14.8. The third-order valence-corrected chi connectivity index (χ3v) is 4.86. The van der Waals surface area contributed by atoms with Gasteiger partial charge < -0.3 is 5.32 Å². The molecule has 0 aliphatic heterocycles. The summed E-state index contributed by atoms with van der Waals surface area (Å²) in [5.41, 5.74) is 0.849. The van der Waals surface area contributed by atoms with E-state index in [2.05, 4.69) is 5.32 Å². The largest absolute Gasteiger partial charge is 0.349 e. The van der Waals surface area contributed by atoms with Crippen molar-refractivity contribution in [1.82, 2.24) is 10.0 Å². The van der Waals surface area contributed by atoms with E-state index in [0.717, 1.165) is 0 Å². The van der Waals surface area contributed by atoms with E-state index >= 15 is 0 Å². The summed E-state index contributed by atoms with van der Waals surface area (Å²) in [6, 6.07) is 15.3. The van der Waals surface area contributed by atoms with Crippen LogP contribution >= 0.6 is 0 Å². The summed E-state index contributed by atoms with van der Waals surface area (Å²) in [7, 11) is -4.11. The lowest BCUT2D eigenvalue weighted by Crippen LogP contribution is -2.35. The molecule has 0 spiro atoms. The van der Waals surface area contributed by atoms with Crippen LogP contribution in [0.2, 0.25) is 0 Å². The molecule has 7 nitrogen and oxygen atoms in total. The fourth-order valence-corrected chi connectivity index (χ4v) is 3.39. The van der Waals surface area contributed by atoms with Gasteiger partial charge in [-0.25, -0.2) is 13.1 Å². The summed E-state index contributed by atoms with van der Waals surface area (Å²) in [5.74, 6) is -1.11. The standard InChI is InChI=1S/C18H17N3O4S/c1-13(22)20-17(15-7-3-2-4-8-15)11-18(23)21-26(24,25)16-9-5-6-14(10-16)12-19/h2-10,17H,11H2,1H3,(H,20,22)(H,21,23)/t17-/m1/s1. The third-order valence-electron chi connectivity index (χ3n) is 3.49. The maximum Gasteiger partial charge on any atom is 0.264 e. The van der Waals surface area contributed by atoms with E-state index in [4.69, 9.17) is 5.26 Å². The molecule has 2 amide bonds. The molecule has 26 heavy (non-hydrogen) atoms. The highest BCUT2D eigenvalue weighted by Crippen LogP contribution is 2.17. The van der Waals surface area contributed by atoms with Crippen molar-refractivity contribution in [2.75, 3.05) is 0 Å². The quantitative estimate of drug-likeness (QED) is 0.800. The SMILES string of the molecule is CC(=O)N[C@H](CC(=O)NS(=O)(=O)c1cccc(C#N)c1)c1ccccc1. The van der Waals surface area contributed by atoms with Gasteiger partial charge in [0.1, 0.15) is 0 Å². The van der Waals surface area contributed by atoms with Gasteiger partial charge in [0.15, 0.2) is 0 Å². The number of sulfonamides is 1. The predicted octanol–water partition coefficient (Wildman–Crippen LogP) is 1.63. The van der Waals surface area contributed by atoms with Gasteiger partial charge in [-0.05, 0) is 23.8 Å². The number of amides is 2. The number of rotatable bonds is 6. The fourth-order valence-electron chi connectivity index (χ4n) is 2.35. The number of hydrogen-bond donors (Lipinski definition) is 2. The second-order valence-electron chi connectivity index (χ2n) is 5.54. The molecule has 0 bridgehead atoms. The van der Waals surface area contributed by atoms with Gasteiger partial charge in [0.2, 0.25) is 11.8 Å². The van der Waals surface area contributed by atoms with Crippen molar-refractivity contribution in [3.63, 3.8) is 0 Å². The first-order chi connectivity index (χ1) is 12.3. The summed E-state index contributed by atoms with van der Waals surface area (Å²) >= 11 is 0. The molecule has 0 heterocycles. The first kappa shape index (κ1) is 19.1. The van der Waals surface area contributed by atoms with Gasteiger partial charge in [-0.15, -0.1) is 0 Å². The van der Waals surface area contributed by atoms with Crippen LogP contribution in [0.1, 0.15) is 30.5 Å². The molecule has 0 saturated heterocycles. The molecule has 0 radical (unpaired) electrons. The van der Waals surface area contributed by atoms with Crippen molar-refractivity contribution in [2.45, 2.75) is 24.3 Å². The van der Waals surface area contributed by atoms with E-state index in [1.54, 1.807) is 30.3 Å². The molecule has 2 aromatic carbocycles. The molecule has 134 valence electrons. The number of nitrogens with one attached hydrogen (secondary N) is 2. The van der Waals surface area contributed by atoms with Gasteiger partial charge in [0.05, 0.1) is 29.0 Å². The van der Waals surface area contributed by atoms with Crippen LogP contribution in [-0.2, 0) is 19.6 Å². The number of carbonyl (C=O) groups excluding carboxylic acids is 2. The maximum absolute atomic E-state index is 12.3. The highest BCUT2D eigenvalue weighted by molar-refractivity contribution is 7.90. The lowest BCUT2D eigenvalue weighted by Gasteiger charge is -2.18. The van der Waals surface area contributed by atoms with Crippen molar-refractivity contribution in [2.24, 2.45) is 0 Å². The molecule has 2 aromatic rings. The van der Waals surface area contributed by atoms with Gasteiger partial charge in [-0.3, -0.25) is 9.59 Å². The van der Waals surface area contributed by atoms with Crippen LogP contribution in [0.4, 0.5) is 0 Å². The van der Waals surface area contributed by atoms with Crippen molar-refractivity contribution in [3.05, 3.63) is 65.7 Å². The predicted molar refractivity (Wildman–Crippen MR) is 94.1 cm³/mol. The van der Waals surface area contributed by atoms with Gasteiger partial charge >= 0.3 is 0 Å². The van der Waals surface area contributed by atoms with Gasteiger partial charge in [0, 0.05) is 6.92 Å². The summed E-state index contributed by atoms with van der Waals surface area (Å²) in [6.45, 7) is 1.32. The number of carbonyl (C=O) groups is 2. The van der Waals surface area contributed by atoms with Crippen LogP contribution in [-0.4, -0.2) is 20.2 Å². The van der Waals surface area contributed by atoms with Crippen LogP contribution in [0, 0.1) is 11.3 Å². The average molecular weight is 371 g/mol. The molecule has 0 unspecified atom stereocenters. The van der Waals surface area contributed by atoms with Gasteiger partial charge in [-0.1, -0.05) is 36.4 Å². The molecule has 0 aliphatic carbocycles. The molecule has 2 rings (SSSR count). The van der Waals surface area contributed by atoms with E-state index in [-0.39, 0.29) is 22.8 Å². The van der Waals surface area contributed by atoms with Crippen LogP contribution in [0.5, 0.6) is 0 Å². The lowest BCUT2D eigenvalue weighted by atomic mass is 10.0. The molecule has 0 aromatic heterocycles. The molecule has 0 fully saturated rings. The molecule has 0 saturated carbocycles. The second kappa shape index (κ2) is 8.27. The molecule has 0 aliphatic rings. The van der Waals surface area contributed by atoms with Crippen molar-refractivity contribution in [1.29, 1.82) is 5.26 Å². The van der Waals surface area contributed by atoms with Crippen molar-refractivity contribution >= 4 is 21.8 Å². The summed E-state index contributed by atoms with van der Waals surface area (Å²) in [4.78, 5) is 23.5. The highest BCUT2D eigenvalue weighted by Gasteiger charge is 2.22. The normalized spacial score (nSPS) is 11.8. The van der Waals surface area contributed by atoms with Crippen molar-refractivity contribution in [3.8, 4) is 6.07 Å². The van der Waals surface area contributed by atoms with E-state index in [1.807, 2.05) is 10.8 Å². The molecule has 1 atom stereocenters. The van der Waals surface area contributed by atoms with Crippen LogP contribution in [0.3, 0.4) is 0 Å². The second-order valence-corrected chi connectivity index (χ2v) is 7.22. The Bertz CT molecular complexity index is 950. The zero-order chi connectivity index (χ0) is 19.2. The maximum atomic E-state index is 12.3. The van der Waals surface area contributed by atoms with Crippen LogP contribution < -0.4 is 10.0 Å². The van der Waals surface area contributed by atoms with E-state index < -0.39 is 22.0 Å². The van der Waals surface area contributed by atoms with E-state index in [1.165, 1.54) is 31.2 Å². The number of benzene rings is 2. The fraction of sp³-hybridized carbons (Fsp3) is 0.167. The first-order valence-electron chi connectivity index (χ1n) is 7.69. The van der Waals surface area contributed by atoms with Gasteiger partial charge in [-0.2, -0.15) is 5.26 Å². The topological polar surface area (TPSA) is 116 Å². The van der Waals surface area contributed by atoms with E-state index in [9.17, 15) is 18.0 Å². The lowest BCUT2D eigenvalue weighted by molar-refractivity contribution is -0.121. The molecule has 8 heteroatoms. The Morgan fingerprint density at radius 2 is 1.81 bits per heavy atom. The molecule has 2 N–H and O–H groups in total. The van der Waals surface area contributed by atoms with Crippen LogP contribution in [0.25, 0.3) is 0 Å². The van der Waals surface area contributed by atoms with Gasteiger partial charge in [0.25, 0.3) is 10.0 Å². The minimum atomic E-state index is -4.11. The Kier molecular flexibility index (Phi) is 6.09. The summed E-state index contributed by atoms with van der Waals surface area (Å²) < 4.78 is 26.6. The highest BCUT2D eigenvalue weighted by atomic mass is 32.2. The minimum absolute atomic E-state index is 0.167. The number of hydrogen-bond acceptors (Lipinski definition) is 5. The first-order valence-corrected chi connectivity index (χ1v) is 9.18. The number of nitriles is 1. The average Bonchev–Trinajstić information content (AvgIpc) is 2.61. The summed E-state index contributed by atoms with van der Waals surface area (Å²) in [5, 5.41) is 11.5. The Hall–Kier alpha value is -3.18. The summed E-state index contributed by atoms with van der Waals surface area (Å²) in [6.07, 6.45) is -0.249. The Labute approximate surface area is 151 Å². The monoisotopic (exact) mass is 371 g/mol. The Balaban J connectivity index is 2.16. The van der Waals surface area contributed by atoms with Crippen LogP contribution in [0.15, 0.2) is 59.5 Å². The smallest absolute Gasteiger partial charge is 0.264 e. The third kappa shape index (κ3) is 5.16. The minimum Gasteiger partial charge on any atom is -0.349 e. The van der Waals surface area contributed by atoms with Crippen molar-refractivity contribution < 1.29 is 18.0 Å². The number of nitrogens with zero attached hydrogens (tertiary/aromatic N) is 1. The molecular weight excluding hydrogens is 354 g/mol. The Morgan fingerprint density at radius 3 is 2.42 bits per heavy atom. The Morgan fingerprint density at radius 1 is 1.12 bits per heavy atom. The molecular formula is C18H17N3O4S.